The lowest BCUT2D eigenvalue weighted by molar-refractivity contribution is -0.116. The maximum absolute atomic E-state index is 12.9. The van der Waals surface area contributed by atoms with Crippen molar-refractivity contribution < 1.29 is 9.42 Å². The second-order valence-corrected chi connectivity index (χ2v) is 7.89. The highest BCUT2D eigenvalue weighted by Gasteiger charge is 2.21. The summed E-state index contributed by atoms with van der Waals surface area (Å²) in [6, 6.07) is 15.5. The van der Waals surface area contributed by atoms with Crippen LogP contribution in [0.2, 0.25) is 0 Å². The first kappa shape index (κ1) is 20.0. The predicted molar refractivity (Wildman–Crippen MR) is 122 cm³/mol. The molecule has 5 rings (SSSR count). The van der Waals surface area contributed by atoms with E-state index >= 15 is 0 Å². The monoisotopic (exact) mass is 432 g/mol. The number of para-hydroxylation sites is 2. The van der Waals surface area contributed by atoms with Crippen molar-refractivity contribution in [1.29, 1.82) is 0 Å². The number of nitrogens with one attached hydrogen (secondary N) is 1. The fourth-order valence-electron chi connectivity index (χ4n) is 3.93. The third-order valence-corrected chi connectivity index (χ3v) is 5.70. The normalized spacial score (nSPS) is 14.7. The number of nitrogen functional groups attached to an aromatic ring is 1. The van der Waals surface area contributed by atoms with Gasteiger partial charge in [0.2, 0.25) is 5.91 Å². The minimum absolute atomic E-state index is 0.0440. The lowest BCUT2D eigenvalue weighted by atomic mass is 10.2. The number of carbonyl (C=O) groups is 1. The van der Waals surface area contributed by atoms with Gasteiger partial charge in [-0.3, -0.25) is 4.79 Å². The number of aromatic nitrogens is 4. The Balaban J connectivity index is 1.34. The summed E-state index contributed by atoms with van der Waals surface area (Å²) in [7, 11) is 2.14. The average Bonchev–Trinajstić information content (AvgIpc) is 3.38. The van der Waals surface area contributed by atoms with Gasteiger partial charge in [0.15, 0.2) is 17.3 Å². The van der Waals surface area contributed by atoms with Gasteiger partial charge in [-0.2, -0.15) is 0 Å². The highest BCUT2D eigenvalue weighted by Crippen LogP contribution is 2.27. The molecule has 3 N–H and O–H groups in total. The number of anilines is 3. The Hall–Kier alpha value is -3.92. The maximum Gasteiger partial charge on any atom is 0.244 e. The number of nitrogens with zero attached hydrogens (tertiary/aromatic N) is 6. The van der Waals surface area contributed by atoms with Crippen LogP contribution in [-0.2, 0) is 11.3 Å². The summed E-state index contributed by atoms with van der Waals surface area (Å²) in [5.74, 6) is 0.378. The van der Waals surface area contributed by atoms with Crippen LogP contribution in [0.5, 0.6) is 0 Å². The molecule has 4 aromatic rings. The van der Waals surface area contributed by atoms with E-state index < -0.39 is 0 Å². The van der Waals surface area contributed by atoms with Gasteiger partial charge in [-0.05, 0) is 53.8 Å². The predicted octanol–water partition coefficient (Wildman–Crippen LogP) is 2.06. The number of nitrogens with two attached hydrogens (primary N) is 1. The Morgan fingerprint density at radius 3 is 2.53 bits per heavy atom. The van der Waals surface area contributed by atoms with Crippen molar-refractivity contribution in [2.75, 3.05) is 49.2 Å². The number of likely N-dealkylation sites (N-methyl/N-ethyl adjacent to an activating group) is 1. The molecule has 0 spiro atoms. The van der Waals surface area contributed by atoms with Crippen LogP contribution in [0, 0.1) is 0 Å². The molecule has 0 radical (unpaired) electrons. The van der Waals surface area contributed by atoms with Crippen molar-refractivity contribution in [3.05, 3.63) is 48.5 Å². The summed E-state index contributed by atoms with van der Waals surface area (Å²) in [6.07, 6.45) is 0. The van der Waals surface area contributed by atoms with Gasteiger partial charge in [-0.25, -0.2) is 9.61 Å². The molecular weight excluding hydrogens is 408 g/mol. The number of amides is 1. The minimum atomic E-state index is -0.184. The van der Waals surface area contributed by atoms with Crippen LogP contribution >= 0.6 is 0 Å². The van der Waals surface area contributed by atoms with Crippen LogP contribution in [0.3, 0.4) is 0 Å². The van der Waals surface area contributed by atoms with Gasteiger partial charge < -0.3 is 25.4 Å². The van der Waals surface area contributed by atoms with E-state index in [0.29, 0.717) is 11.5 Å². The standard InChI is InChI=1S/C22H24N8O2/c1-28-10-12-29(13-11-28)16-8-6-15(7-9-16)24-19(31)14-30-18-5-3-2-4-17(18)25-22(30)20-21(23)27-32-26-20/h2-9H,10-14H2,1H3,(H2,23,27)(H,24,31). The van der Waals surface area contributed by atoms with E-state index in [-0.39, 0.29) is 18.3 Å². The Bertz CT molecular complexity index is 1240. The third-order valence-electron chi connectivity index (χ3n) is 5.70. The number of piperazine rings is 1. The van der Waals surface area contributed by atoms with Crippen molar-refractivity contribution in [1.82, 2.24) is 24.8 Å². The molecule has 164 valence electrons. The highest BCUT2D eigenvalue weighted by atomic mass is 16.6. The molecule has 10 nitrogen and oxygen atoms in total. The third kappa shape index (κ3) is 3.87. The number of benzene rings is 2. The molecule has 1 aliphatic heterocycles. The highest BCUT2D eigenvalue weighted by molar-refractivity contribution is 5.93. The molecule has 2 aromatic heterocycles. The van der Waals surface area contributed by atoms with Crippen LogP contribution in [0.1, 0.15) is 0 Å². The van der Waals surface area contributed by atoms with E-state index in [4.69, 9.17) is 10.4 Å². The fourth-order valence-corrected chi connectivity index (χ4v) is 3.93. The molecule has 32 heavy (non-hydrogen) atoms. The topological polar surface area (TPSA) is 118 Å². The van der Waals surface area contributed by atoms with Gasteiger partial charge in [-0.1, -0.05) is 12.1 Å². The van der Waals surface area contributed by atoms with Crippen molar-refractivity contribution in [2.24, 2.45) is 0 Å². The van der Waals surface area contributed by atoms with E-state index in [2.05, 4.69) is 37.5 Å². The Morgan fingerprint density at radius 1 is 1.06 bits per heavy atom. The SMILES string of the molecule is CN1CCN(c2ccc(NC(=O)Cn3c(-c4nonc4N)nc4ccccc43)cc2)CC1. The van der Waals surface area contributed by atoms with Gasteiger partial charge in [-0.15, -0.1) is 0 Å². The molecule has 1 saturated heterocycles. The number of hydrogen-bond acceptors (Lipinski definition) is 8. The second kappa shape index (κ2) is 8.31. The molecule has 0 atom stereocenters. The second-order valence-electron chi connectivity index (χ2n) is 7.89. The maximum atomic E-state index is 12.9. The van der Waals surface area contributed by atoms with Gasteiger partial charge >= 0.3 is 0 Å². The molecule has 0 saturated carbocycles. The number of carbonyl (C=O) groups excluding carboxylic acids is 1. The van der Waals surface area contributed by atoms with Crippen LogP contribution in [0.4, 0.5) is 17.2 Å². The van der Waals surface area contributed by atoms with Crippen LogP contribution in [0.15, 0.2) is 53.2 Å². The lowest BCUT2D eigenvalue weighted by Gasteiger charge is -2.34. The molecule has 1 amide bonds. The van der Waals surface area contributed by atoms with Crippen LogP contribution in [-0.4, -0.2) is 63.9 Å². The first-order chi connectivity index (χ1) is 15.6. The van der Waals surface area contributed by atoms with E-state index in [0.717, 1.165) is 48.6 Å². The Morgan fingerprint density at radius 2 is 1.81 bits per heavy atom. The zero-order valence-corrected chi connectivity index (χ0v) is 17.7. The van der Waals surface area contributed by atoms with Gasteiger partial charge in [0.05, 0.1) is 11.0 Å². The number of fused-ring (bicyclic) bond motifs is 1. The molecule has 0 aliphatic carbocycles. The van der Waals surface area contributed by atoms with Gasteiger partial charge in [0.1, 0.15) is 6.54 Å². The molecular formula is C22H24N8O2. The van der Waals surface area contributed by atoms with Crippen LogP contribution < -0.4 is 16.0 Å². The van der Waals surface area contributed by atoms with Gasteiger partial charge in [0.25, 0.3) is 0 Å². The molecule has 0 bridgehead atoms. The first-order valence-corrected chi connectivity index (χ1v) is 10.5. The van der Waals surface area contributed by atoms with Crippen molar-refractivity contribution in [3.63, 3.8) is 0 Å². The summed E-state index contributed by atoms with van der Waals surface area (Å²) in [4.78, 5) is 22.1. The summed E-state index contributed by atoms with van der Waals surface area (Å²) in [6.45, 7) is 4.14. The number of imidazole rings is 1. The zero-order valence-electron chi connectivity index (χ0n) is 17.7. The van der Waals surface area contributed by atoms with Crippen molar-refractivity contribution in [3.8, 4) is 11.5 Å². The smallest absolute Gasteiger partial charge is 0.244 e. The largest absolute Gasteiger partial charge is 0.379 e. The van der Waals surface area contributed by atoms with Crippen molar-refractivity contribution in [2.45, 2.75) is 6.54 Å². The minimum Gasteiger partial charge on any atom is -0.379 e. The molecule has 2 aromatic carbocycles. The Labute approximate surface area is 184 Å². The average molecular weight is 432 g/mol. The molecule has 0 unspecified atom stereocenters. The molecule has 10 heteroatoms. The van der Waals surface area contributed by atoms with Gasteiger partial charge in [0, 0.05) is 37.6 Å². The van der Waals surface area contributed by atoms with E-state index in [9.17, 15) is 4.79 Å². The van der Waals surface area contributed by atoms with E-state index in [1.54, 1.807) is 4.57 Å². The van der Waals surface area contributed by atoms with E-state index in [1.807, 2.05) is 48.5 Å². The van der Waals surface area contributed by atoms with E-state index in [1.165, 1.54) is 0 Å². The fraction of sp³-hybridized carbons (Fsp3) is 0.273. The summed E-state index contributed by atoms with van der Waals surface area (Å²) in [5.41, 5.74) is 9.61. The zero-order chi connectivity index (χ0) is 22.1. The number of hydrogen-bond donors (Lipinski definition) is 2. The summed E-state index contributed by atoms with van der Waals surface area (Å²) in [5, 5.41) is 10.5. The molecule has 1 aliphatic rings. The molecule has 1 fully saturated rings. The quantitative estimate of drug-likeness (QED) is 0.492. The Kier molecular flexibility index (Phi) is 5.20. The summed E-state index contributed by atoms with van der Waals surface area (Å²) < 4.78 is 6.50. The summed E-state index contributed by atoms with van der Waals surface area (Å²) >= 11 is 0. The lowest BCUT2D eigenvalue weighted by Crippen LogP contribution is -2.44. The van der Waals surface area contributed by atoms with Crippen molar-refractivity contribution >= 4 is 34.1 Å². The van der Waals surface area contributed by atoms with Crippen LogP contribution in [0.25, 0.3) is 22.6 Å². The first-order valence-electron chi connectivity index (χ1n) is 10.5. The number of rotatable bonds is 5. The molecule has 3 heterocycles.